The van der Waals surface area contributed by atoms with Crippen molar-refractivity contribution in [1.82, 2.24) is 30.4 Å². The lowest BCUT2D eigenvalue weighted by molar-refractivity contribution is -0.184. The average Bonchev–Trinajstić information content (AvgIpc) is 3.16. The average molecular weight is 446 g/mol. The van der Waals surface area contributed by atoms with Crippen LogP contribution in [-0.4, -0.2) is 77.7 Å². The number of hydrogen-bond donors (Lipinski definition) is 3. The van der Waals surface area contributed by atoms with Crippen LogP contribution in [0.4, 0.5) is 0 Å². The topological polar surface area (TPSA) is 160 Å². The fraction of sp³-hybridized carbons (Fsp3) is 0.333. The number of aryl methyl sites for hydroxylation is 1. The van der Waals surface area contributed by atoms with Gasteiger partial charge in [0.25, 0.3) is 5.91 Å². The Labute approximate surface area is 179 Å². The van der Waals surface area contributed by atoms with E-state index in [1.165, 1.54) is 28.6 Å². The van der Waals surface area contributed by atoms with Crippen LogP contribution in [0.2, 0.25) is 0 Å². The lowest BCUT2D eigenvalue weighted by Crippen LogP contribution is -2.73. The second-order valence-electron chi connectivity index (χ2n) is 6.93. The molecule has 1 fully saturated rings. The number of carbonyl (C=O) groups excluding carboxylic acids is 2. The number of tetrazole rings is 1. The number of nitrogens with zero attached hydrogens (tertiary/aromatic N) is 5. The summed E-state index contributed by atoms with van der Waals surface area (Å²) in [6.45, 7) is -0.00130. The molecule has 1 aromatic carbocycles. The lowest BCUT2D eigenvalue weighted by Gasteiger charge is -2.49. The normalized spacial score (nSPS) is 20.3. The van der Waals surface area contributed by atoms with E-state index >= 15 is 0 Å². The molecule has 2 aliphatic rings. The zero-order chi connectivity index (χ0) is 22.1. The van der Waals surface area contributed by atoms with Gasteiger partial charge in [0, 0.05) is 12.8 Å². The fourth-order valence-corrected chi connectivity index (χ4v) is 4.15. The summed E-state index contributed by atoms with van der Waals surface area (Å²) in [6.07, 6.45) is -0.876. The van der Waals surface area contributed by atoms with Crippen LogP contribution in [0.1, 0.15) is 5.56 Å². The van der Waals surface area contributed by atoms with Crippen LogP contribution in [0.5, 0.6) is 5.75 Å². The molecule has 2 aliphatic heterocycles. The first-order valence-electron chi connectivity index (χ1n) is 9.17. The first-order chi connectivity index (χ1) is 14.8. The molecule has 0 radical (unpaired) electrons. The Kier molecular flexibility index (Phi) is 5.61. The number of hydrogen-bond acceptors (Lipinski definition) is 9. The van der Waals surface area contributed by atoms with Gasteiger partial charge in [-0.1, -0.05) is 23.9 Å². The molecule has 3 heterocycles. The maximum Gasteiger partial charge on any atom is 0.352 e. The number of aromatic nitrogens is 4. The maximum absolute atomic E-state index is 12.6. The molecular weight excluding hydrogens is 428 g/mol. The van der Waals surface area contributed by atoms with E-state index in [0.29, 0.717) is 16.3 Å². The minimum Gasteiger partial charge on any atom is -0.508 e. The second-order valence-corrected chi connectivity index (χ2v) is 7.87. The Balaban J connectivity index is 1.43. The fourth-order valence-electron chi connectivity index (χ4n) is 3.31. The van der Waals surface area contributed by atoms with E-state index in [-0.39, 0.29) is 30.2 Å². The van der Waals surface area contributed by atoms with Crippen molar-refractivity contribution < 1.29 is 29.3 Å². The summed E-state index contributed by atoms with van der Waals surface area (Å²) in [5.74, 6) is -1.90. The summed E-state index contributed by atoms with van der Waals surface area (Å²) in [5, 5.41) is 33.1. The number of phenolic OH excluding ortho intramolecular Hbond substituents is 1. The molecule has 4 rings (SSSR count). The highest BCUT2D eigenvalue weighted by Crippen LogP contribution is 2.34. The molecule has 1 unspecified atom stereocenters. The third-order valence-corrected chi connectivity index (χ3v) is 5.92. The van der Waals surface area contributed by atoms with Gasteiger partial charge in [-0.25, -0.2) is 9.48 Å². The summed E-state index contributed by atoms with van der Waals surface area (Å²) in [7, 11) is 1.66. The van der Waals surface area contributed by atoms with Crippen LogP contribution in [0.3, 0.4) is 0 Å². The zero-order valence-corrected chi connectivity index (χ0v) is 17.1. The maximum atomic E-state index is 12.6. The number of thioether (sulfide) groups is 1. The highest BCUT2D eigenvalue weighted by atomic mass is 32.2. The highest BCUT2D eigenvalue weighted by Gasteiger charge is 2.54. The SMILES string of the molecule is Cn1nnnc1SCC1=C(C(=O)O)N2C(=O)[C@@H](NC(=O)Cc3ccc(O)cc3)C2OC1. The Morgan fingerprint density at radius 1 is 1.32 bits per heavy atom. The Morgan fingerprint density at radius 3 is 2.71 bits per heavy atom. The number of β-lactam (4-membered cyclic amide) rings is 1. The van der Waals surface area contributed by atoms with Crippen LogP contribution >= 0.6 is 11.8 Å². The van der Waals surface area contributed by atoms with E-state index < -0.39 is 30.1 Å². The van der Waals surface area contributed by atoms with E-state index in [4.69, 9.17) is 4.74 Å². The molecule has 1 saturated heterocycles. The van der Waals surface area contributed by atoms with E-state index in [1.807, 2.05) is 0 Å². The van der Waals surface area contributed by atoms with Crippen molar-refractivity contribution in [2.24, 2.45) is 7.05 Å². The number of nitrogens with one attached hydrogen (secondary N) is 1. The number of carboxylic acids is 1. The summed E-state index contributed by atoms with van der Waals surface area (Å²) in [4.78, 5) is 37.9. The van der Waals surface area contributed by atoms with E-state index in [1.54, 1.807) is 19.2 Å². The number of aliphatic carboxylic acids is 1. The third kappa shape index (κ3) is 4.09. The van der Waals surface area contributed by atoms with Gasteiger partial charge in [0.2, 0.25) is 11.1 Å². The standard InChI is InChI=1S/C18H18N6O6S/c1-23-18(20-21-22-23)31-8-10-7-30-16-13(15(27)24(16)14(10)17(28)29)19-12(26)6-9-2-4-11(25)5-3-9/h2-5,13,16,25H,6-8H2,1H3,(H,19,26)(H,28,29)/t13-,16?/m1/s1. The number of benzene rings is 1. The van der Waals surface area contributed by atoms with Crippen LogP contribution < -0.4 is 5.32 Å². The number of carbonyl (C=O) groups is 3. The van der Waals surface area contributed by atoms with Gasteiger partial charge in [-0.3, -0.25) is 14.5 Å². The second kappa shape index (κ2) is 8.35. The van der Waals surface area contributed by atoms with Crippen LogP contribution in [0.15, 0.2) is 40.7 Å². The van der Waals surface area contributed by atoms with E-state index in [9.17, 15) is 24.6 Å². The smallest absolute Gasteiger partial charge is 0.352 e. The summed E-state index contributed by atoms with van der Waals surface area (Å²) in [6, 6.07) is 5.16. The number of phenols is 1. The Hall–Kier alpha value is -3.45. The molecule has 31 heavy (non-hydrogen) atoms. The van der Waals surface area contributed by atoms with Crippen molar-refractivity contribution in [1.29, 1.82) is 0 Å². The minimum atomic E-state index is -1.25. The number of carboxylic acid groups (broad SMARTS) is 1. The van der Waals surface area contributed by atoms with Crippen molar-refractivity contribution in [2.75, 3.05) is 12.4 Å². The molecule has 0 bridgehead atoms. The Morgan fingerprint density at radius 2 is 2.06 bits per heavy atom. The van der Waals surface area contributed by atoms with Crippen molar-refractivity contribution >= 4 is 29.5 Å². The van der Waals surface area contributed by atoms with Gasteiger partial charge >= 0.3 is 5.97 Å². The van der Waals surface area contributed by atoms with Crippen LogP contribution in [0, 0.1) is 0 Å². The molecule has 2 atom stereocenters. The number of rotatable bonds is 7. The highest BCUT2D eigenvalue weighted by molar-refractivity contribution is 7.99. The largest absolute Gasteiger partial charge is 0.508 e. The van der Waals surface area contributed by atoms with Crippen molar-refractivity contribution in [3.63, 3.8) is 0 Å². The molecule has 1 aromatic heterocycles. The molecule has 0 aliphatic carbocycles. The van der Waals surface area contributed by atoms with Crippen LogP contribution in [-0.2, 0) is 32.6 Å². The van der Waals surface area contributed by atoms with E-state index in [0.717, 1.165) is 4.90 Å². The minimum absolute atomic E-state index is 0.00130. The van der Waals surface area contributed by atoms with Crippen molar-refractivity contribution in [3.05, 3.63) is 41.1 Å². The van der Waals surface area contributed by atoms with Gasteiger partial charge in [0.05, 0.1) is 13.0 Å². The molecule has 2 aromatic rings. The van der Waals surface area contributed by atoms with Gasteiger partial charge in [-0.05, 0) is 33.7 Å². The van der Waals surface area contributed by atoms with Gasteiger partial charge in [0.1, 0.15) is 11.4 Å². The first kappa shape index (κ1) is 20.8. The Bertz CT molecular complexity index is 1070. The van der Waals surface area contributed by atoms with Gasteiger partial charge in [-0.2, -0.15) is 0 Å². The monoisotopic (exact) mass is 446 g/mol. The molecule has 13 heteroatoms. The first-order valence-corrected chi connectivity index (χ1v) is 10.2. The number of aromatic hydroxyl groups is 1. The molecule has 162 valence electrons. The summed E-state index contributed by atoms with van der Waals surface area (Å²) < 4.78 is 7.14. The van der Waals surface area contributed by atoms with Crippen molar-refractivity contribution in [2.45, 2.75) is 23.8 Å². The van der Waals surface area contributed by atoms with Gasteiger partial charge in [0.15, 0.2) is 12.3 Å². The molecule has 2 amide bonds. The number of amides is 2. The zero-order valence-electron chi connectivity index (χ0n) is 16.3. The molecular formula is C18H18N6O6S. The van der Waals surface area contributed by atoms with E-state index in [2.05, 4.69) is 20.8 Å². The van der Waals surface area contributed by atoms with Crippen molar-refractivity contribution in [3.8, 4) is 5.75 Å². The quantitative estimate of drug-likeness (QED) is 0.365. The predicted octanol–water partition coefficient (Wildman–Crippen LogP) is -0.727. The number of ether oxygens (including phenoxy) is 1. The number of fused-ring (bicyclic) bond motifs is 1. The van der Waals surface area contributed by atoms with Crippen LogP contribution in [0.25, 0.3) is 0 Å². The summed E-state index contributed by atoms with van der Waals surface area (Å²) in [5.41, 5.74) is 0.930. The molecule has 0 spiro atoms. The molecule has 12 nitrogen and oxygen atoms in total. The summed E-state index contributed by atoms with van der Waals surface area (Å²) >= 11 is 1.22. The predicted molar refractivity (Wildman–Crippen MR) is 105 cm³/mol. The third-order valence-electron chi connectivity index (χ3n) is 4.82. The van der Waals surface area contributed by atoms with Gasteiger partial charge < -0.3 is 20.3 Å². The molecule has 3 N–H and O–H groups in total. The molecule has 0 saturated carbocycles. The lowest BCUT2D eigenvalue weighted by atomic mass is 9.98. The van der Waals surface area contributed by atoms with Gasteiger partial charge in [-0.15, -0.1) is 5.10 Å².